The number of halogens is 1. The number of hydrogen-bond acceptors (Lipinski definition) is 9. The Morgan fingerprint density at radius 3 is 2.96 bits per heavy atom. The number of anilines is 1. The zero-order valence-electron chi connectivity index (χ0n) is 11.7. The number of rotatable bonds is 1. The Bertz CT molecular complexity index is 930. The van der Waals surface area contributed by atoms with Gasteiger partial charge in [-0.1, -0.05) is 0 Å². The van der Waals surface area contributed by atoms with E-state index in [2.05, 4.69) is 35.4 Å². The summed E-state index contributed by atoms with van der Waals surface area (Å²) in [5, 5.41) is 10.5. The highest BCUT2D eigenvalue weighted by atomic mass is 79.9. The van der Waals surface area contributed by atoms with Gasteiger partial charge < -0.3 is 20.5 Å². The van der Waals surface area contributed by atoms with Gasteiger partial charge in [0.1, 0.15) is 18.3 Å². The molecule has 4 heterocycles. The van der Waals surface area contributed by atoms with Gasteiger partial charge in [0.15, 0.2) is 22.1 Å². The van der Waals surface area contributed by atoms with Crippen molar-refractivity contribution in [2.45, 2.75) is 24.5 Å². The summed E-state index contributed by atoms with van der Waals surface area (Å²) in [6.07, 6.45) is -4.25. The first-order valence-electron chi connectivity index (χ1n) is 6.69. The fourth-order valence-corrected chi connectivity index (χ4v) is 4.26. The van der Waals surface area contributed by atoms with Gasteiger partial charge in [-0.25, -0.2) is 9.55 Å². The lowest BCUT2D eigenvalue weighted by molar-refractivity contribution is -0.0669. The van der Waals surface area contributed by atoms with Crippen molar-refractivity contribution in [3.8, 4) is 0 Å². The molecule has 5 atom stereocenters. The second-order valence-corrected chi connectivity index (χ2v) is 7.38. The lowest BCUT2D eigenvalue weighted by Gasteiger charge is -2.27. The number of imidazole rings is 1. The van der Waals surface area contributed by atoms with Crippen LogP contribution < -0.4 is 11.3 Å². The topological polar surface area (TPSA) is 175 Å². The highest BCUT2D eigenvalue weighted by Gasteiger charge is 2.53. The summed E-state index contributed by atoms with van der Waals surface area (Å²) >= 11 is 3.18. The molecule has 0 spiro atoms. The van der Waals surface area contributed by atoms with Gasteiger partial charge in [0, 0.05) is 0 Å². The van der Waals surface area contributed by atoms with Crippen molar-refractivity contribution in [1.82, 2.24) is 19.5 Å². The number of H-pyrrole nitrogens is 1. The number of fused-ring (bicyclic) bond motifs is 2. The van der Waals surface area contributed by atoms with E-state index in [-0.39, 0.29) is 28.5 Å². The number of phosphoric ester groups is 1. The Morgan fingerprint density at radius 1 is 1.46 bits per heavy atom. The van der Waals surface area contributed by atoms with Crippen molar-refractivity contribution in [3.05, 3.63) is 15.1 Å². The Hall–Kier alpha value is -1.34. The largest absolute Gasteiger partial charge is 0.472 e. The minimum absolute atomic E-state index is 0.00764. The van der Waals surface area contributed by atoms with Crippen LogP contribution >= 0.6 is 23.8 Å². The molecule has 0 saturated carbocycles. The molecule has 2 fully saturated rings. The van der Waals surface area contributed by atoms with Crippen molar-refractivity contribution >= 4 is 40.9 Å². The quantitative estimate of drug-likeness (QED) is 0.336. The average molecular weight is 424 g/mol. The third-order valence-corrected chi connectivity index (χ3v) is 5.29. The van der Waals surface area contributed by atoms with Crippen molar-refractivity contribution in [1.29, 1.82) is 0 Å². The van der Waals surface area contributed by atoms with E-state index in [0.29, 0.717) is 0 Å². The summed E-state index contributed by atoms with van der Waals surface area (Å²) in [5.74, 6) is -0.134. The first-order chi connectivity index (χ1) is 11.3. The third-order valence-electron chi connectivity index (χ3n) is 3.75. The summed E-state index contributed by atoms with van der Waals surface area (Å²) in [7, 11) is -4.24. The minimum atomic E-state index is -4.24. The molecule has 12 nitrogen and oxygen atoms in total. The molecule has 0 amide bonds. The number of aromatic nitrogens is 4. The first-order valence-corrected chi connectivity index (χ1v) is 8.98. The molecule has 0 bridgehead atoms. The number of nitrogens with zero attached hydrogens (tertiary/aromatic N) is 3. The average Bonchev–Trinajstić information content (AvgIpc) is 2.96. The molecule has 130 valence electrons. The molecule has 2 aromatic heterocycles. The summed E-state index contributed by atoms with van der Waals surface area (Å²) in [4.78, 5) is 31.7. The summed E-state index contributed by atoms with van der Waals surface area (Å²) < 4.78 is 28.2. The molecule has 0 radical (unpaired) electrons. The molecular formula is C10H11BrN5O7P. The van der Waals surface area contributed by atoms with Crippen molar-refractivity contribution < 1.29 is 28.3 Å². The van der Waals surface area contributed by atoms with Gasteiger partial charge in [-0.05, 0) is 15.9 Å². The Morgan fingerprint density at radius 2 is 2.21 bits per heavy atom. The molecule has 24 heavy (non-hydrogen) atoms. The zero-order chi connectivity index (χ0) is 17.2. The van der Waals surface area contributed by atoms with E-state index in [1.165, 1.54) is 4.57 Å². The van der Waals surface area contributed by atoms with Crippen LogP contribution in [-0.4, -0.2) is 54.4 Å². The van der Waals surface area contributed by atoms with Crippen molar-refractivity contribution in [2.75, 3.05) is 12.3 Å². The van der Waals surface area contributed by atoms with Crippen LogP contribution in [0.1, 0.15) is 6.23 Å². The van der Waals surface area contributed by atoms with Gasteiger partial charge in [-0.3, -0.25) is 23.4 Å². The van der Waals surface area contributed by atoms with Crippen LogP contribution in [0.25, 0.3) is 11.2 Å². The number of aromatic amines is 1. The van der Waals surface area contributed by atoms with Crippen LogP contribution in [0.4, 0.5) is 5.95 Å². The van der Waals surface area contributed by atoms with Crippen LogP contribution in [0, 0.1) is 0 Å². The van der Waals surface area contributed by atoms with E-state index in [1.54, 1.807) is 0 Å². The van der Waals surface area contributed by atoms with Crippen LogP contribution in [0.5, 0.6) is 0 Å². The second kappa shape index (κ2) is 5.33. The van der Waals surface area contributed by atoms with Crippen LogP contribution in [0.3, 0.4) is 0 Å². The minimum Gasteiger partial charge on any atom is -0.386 e. The fraction of sp³-hybridized carbons (Fsp3) is 0.500. The summed E-state index contributed by atoms with van der Waals surface area (Å²) in [6.45, 7) is -0.230. The van der Waals surface area contributed by atoms with E-state index in [9.17, 15) is 19.4 Å². The number of phosphoric acid groups is 1. The van der Waals surface area contributed by atoms with E-state index < -0.39 is 37.9 Å². The highest BCUT2D eigenvalue weighted by Crippen LogP contribution is 2.52. The lowest BCUT2D eigenvalue weighted by Crippen LogP contribution is -2.39. The summed E-state index contributed by atoms with van der Waals surface area (Å²) in [6, 6.07) is 0. The van der Waals surface area contributed by atoms with E-state index >= 15 is 0 Å². The molecule has 0 aliphatic carbocycles. The maximum absolute atomic E-state index is 11.9. The number of hydrogen-bond donors (Lipinski definition) is 4. The normalized spacial score (nSPS) is 36.1. The van der Waals surface area contributed by atoms with Crippen LogP contribution in [-0.2, 0) is 18.3 Å². The van der Waals surface area contributed by atoms with E-state index in [4.69, 9.17) is 15.0 Å². The van der Waals surface area contributed by atoms with Gasteiger partial charge in [-0.2, -0.15) is 4.98 Å². The maximum atomic E-state index is 11.9. The Kier molecular flexibility index (Phi) is 3.58. The molecule has 2 aliphatic rings. The Labute approximate surface area is 141 Å². The standard InChI is InChI=1S/C10H11BrN5O7P/c11-9-13-3-6(14-10(12)15-7(3)18)16(9)8-4(17)5-2(22-8)1-21-24(19,20)23-5/h2,4-5,8,17H,1H2,(H,19,20)(H3,12,14,15,18)/t2-,4?,5+,8-/m1/s1. The van der Waals surface area contributed by atoms with Crippen LogP contribution in [0.2, 0.25) is 0 Å². The molecule has 0 aromatic carbocycles. The fourth-order valence-electron chi connectivity index (χ4n) is 2.75. The van der Waals surface area contributed by atoms with Gasteiger partial charge >= 0.3 is 7.82 Å². The smallest absolute Gasteiger partial charge is 0.386 e. The monoisotopic (exact) mass is 423 g/mol. The summed E-state index contributed by atoms with van der Waals surface area (Å²) in [5.41, 5.74) is 5.07. The van der Waals surface area contributed by atoms with Crippen molar-refractivity contribution in [2.24, 2.45) is 0 Å². The van der Waals surface area contributed by atoms with Crippen molar-refractivity contribution in [3.63, 3.8) is 0 Å². The second-order valence-electron chi connectivity index (χ2n) is 5.26. The van der Waals surface area contributed by atoms with Gasteiger partial charge in [-0.15, -0.1) is 0 Å². The predicted octanol–water partition coefficient (Wildman–Crippen LogP) is -0.762. The predicted molar refractivity (Wildman–Crippen MR) is 80.8 cm³/mol. The molecule has 2 aromatic rings. The van der Waals surface area contributed by atoms with E-state index in [0.717, 1.165) is 0 Å². The molecule has 4 rings (SSSR count). The van der Waals surface area contributed by atoms with Gasteiger partial charge in [0.25, 0.3) is 5.56 Å². The first kappa shape index (κ1) is 16.1. The molecule has 14 heteroatoms. The zero-order valence-corrected chi connectivity index (χ0v) is 14.2. The molecular weight excluding hydrogens is 413 g/mol. The number of nitrogens with two attached hydrogens (primary N) is 1. The maximum Gasteiger partial charge on any atom is 0.472 e. The lowest BCUT2D eigenvalue weighted by atomic mass is 10.1. The number of aliphatic hydroxyl groups excluding tert-OH is 1. The SMILES string of the molecule is Nc1nc2c(nc(Br)n2[C@@H]2O[C@@H]3COP(=O)(O)O[C@@H]3C2O)c(=O)[nH]1. The number of aliphatic hydroxyl groups is 1. The molecule has 5 N–H and O–H groups in total. The number of nitrogens with one attached hydrogen (secondary N) is 1. The Balaban J connectivity index is 1.80. The number of nitrogen functional groups attached to an aromatic ring is 1. The third kappa shape index (κ3) is 2.40. The van der Waals surface area contributed by atoms with Gasteiger partial charge in [0.05, 0.1) is 6.61 Å². The molecule has 2 aliphatic heterocycles. The molecule has 2 saturated heterocycles. The number of ether oxygens (including phenoxy) is 1. The van der Waals surface area contributed by atoms with Gasteiger partial charge in [0.2, 0.25) is 5.95 Å². The van der Waals surface area contributed by atoms with E-state index in [1.807, 2.05) is 0 Å². The molecule has 2 unspecified atom stereocenters. The highest BCUT2D eigenvalue weighted by molar-refractivity contribution is 9.10. The van der Waals surface area contributed by atoms with Crippen LogP contribution in [0.15, 0.2) is 9.53 Å².